The van der Waals surface area contributed by atoms with Crippen LogP contribution in [0.5, 0.6) is 5.75 Å². The summed E-state index contributed by atoms with van der Waals surface area (Å²) in [6, 6.07) is 1.94. The van der Waals surface area contributed by atoms with Gasteiger partial charge in [0.25, 0.3) is 0 Å². The molecule has 0 aromatic carbocycles. The number of nitrogens with zero attached hydrogens (tertiary/aromatic N) is 1. The molecule has 1 unspecified atom stereocenters. The van der Waals surface area contributed by atoms with E-state index >= 15 is 0 Å². The summed E-state index contributed by atoms with van der Waals surface area (Å²) in [4.78, 5) is 4.08. The van der Waals surface area contributed by atoms with E-state index in [0.717, 1.165) is 36.2 Å². The van der Waals surface area contributed by atoms with Crippen LogP contribution >= 0.6 is 15.9 Å². The minimum absolute atomic E-state index is 0.224. The normalized spacial score (nSPS) is 12.7. The number of aromatic nitrogens is 1. The summed E-state index contributed by atoms with van der Waals surface area (Å²) in [5.74, 6) is 1.54. The van der Waals surface area contributed by atoms with Crippen LogP contribution in [0.2, 0.25) is 0 Å². The molecule has 3 nitrogen and oxygen atoms in total. The Morgan fingerprint density at radius 2 is 2.11 bits per heavy atom. The van der Waals surface area contributed by atoms with E-state index in [2.05, 4.69) is 47.0 Å². The van der Waals surface area contributed by atoms with Crippen LogP contribution < -0.4 is 10.1 Å². The second-order valence-electron chi connectivity index (χ2n) is 5.01. The molecular formula is C14H23BrN2O. The lowest BCUT2D eigenvalue weighted by Crippen LogP contribution is -2.22. The molecule has 0 fully saturated rings. The summed E-state index contributed by atoms with van der Waals surface area (Å²) in [6.45, 7) is 8.69. The fraction of sp³-hybridized carbons (Fsp3) is 0.643. The van der Waals surface area contributed by atoms with E-state index in [1.54, 1.807) is 12.4 Å². The van der Waals surface area contributed by atoms with Crippen molar-refractivity contribution in [2.75, 3.05) is 13.1 Å². The van der Waals surface area contributed by atoms with Gasteiger partial charge in [0.1, 0.15) is 5.75 Å². The highest BCUT2D eigenvalue weighted by molar-refractivity contribution is 9.10. The standard InChI is InChI=1S/C14H23BrN2O/c1-11(2)8-16-6-4-5-12(3)18-14-7-13(15)9-17-10-14/h7,9-12,16H,4-6,8H2,1-3H3. The van der Waals surface area contributed by atoms with Gasteiger partial charge in [0.2, 0.25) is 0 Å². The monoisotopic (exact) mass is 314 g/mol. The molecule has 4 heteroatoms. The molecule has 1 rings (SSSR count). The molecule has 0 aliphatic heterocycles. The Kier molecular flexibility index (Phi) is 7.28. The van der Waals surface area contributed by atoms with Crippen LogP contribution in [-0.2, 0) is 0 Å². The molecule has 0 radical (unpaired) electrons. The average molecular weight is 315 g/mol. The molecule has 1 N–H and O–H groups in total. The van der Waals surface area contributed by atoms with Crippen LogP contribution in [0.25, 0.3) is 0 Å². The van der Waals surface area contributed by atoms with Crippen molar-refractivity contribution in [3.05, 3.63) is 22.9 Å². The van der Waals surface area contributed by atoms with E-state index in [1.165, 1.54) is 0 Å². The largest absolute Gasteiger partial charge is 0.489 e. The maximum Gasteiger partial charge on any atom is 0.139 e. The fourth-order valence-corrected chi connectivity index (χ4v) is 2.00. The number of ether oxygens (including phenoxy) is 1. The van der Waals surface area contributed by atoms with E-state index in [9.17, 15) is 0 Å². The molecular weight excluding hydrogens is 292 g/mol. The van der Waals surface area contributed by atoms with Crippen LogP contribution in [0.15, 0.2) is 22.9 Å². The Balaban J connectivity index is 2.16. The van der Waals surface area contributed by atoms with Crippen molar-refractivity contribution >= 4 is 15.9 Å². The Hall–Kier alpha value is -0.610. The topological polar surface area (TPSA) is 34.1 Å². The van der Waals surface area contributed by atoms with Crippen molar-refractivity contribution in [3.63, 3.8) is 0 Å². The third-order valence-corrected chi connectivity index (χ3v) is 2.97. The van der Waals surface area contributed by atoms with Gasteiger partial charge >= 0.3 is 0 Å². The first kappa shape index (κ1) is 15.4. The molecule has 1 atom stereocenters. The van der Waals surface area contributed by atoms with Crippen molar-refractivity contribution in [1.29, 1.82) is 0 Å². The quantitative estimate of drug-likeness (QED) is 0.744. The molecule has 0 spiro atoms. The van der Waals surface area contributed by atoms with Gasteiger partial charge in [0.05, 0.1) is 12.3 Å². The third kappa shape index (κ3) is 6.97. The molecule has 0 aliphatic rings. The predicted molar refractivity (Wildman–Crippen MR) is 79.0 cm³/mol. The molecule has 1 heterocycles. The summed E-state index contributed by atoms with van der Waals surface area (Å²) in [7, 11) is 0. The Morgan fingerprint density at radius 1 is 1.33 bits per heavy atom. The van der Waals surface area contributed by atoms with Crippen LogP contribution in [0.3, 0.4) is 0 Å². The van der Waals surface area contributed by atoms with Crippen LogP contribution in [0.4, 0.5) is 0 Å². The maximum absolute atomic E-state index is 5.80. The number of hydrogen-bond donors (Lipinski definition) is 1. The van der Waals surface area contributed by atoms with Crippen molar-refractivity contribution in [3.8, 4) is 5.75 Å². The van der Waals surface area contributed by atoms with Gasteiger partial charge in [-0.2, -0.15) is 0 Å². The first-order valence-electron chi connectivity index (χ1n) is 6.56. The minimum Gasteiger partial charge on any atom is -0.489 e. The molecule has 102 valence electrons. The summed E-state index contributed by atoms with van der Waals surface area (Å²) < 4.78 is 6.75. The molecule has 1 aromatic rings. The molecule has 0 saturated carbocycles. The number of nitrogens with one attached hydrogen (secondary N) is 1. The highest BCUT2D eigenvalue weighted by Crippen LogP contribution is 2.18. The molecule has 0 aliphatic carbocycles. The molecule has 18 heavy (non-hydrogen) atoms. The lowest BCUT2D eigenvalue weighted by atomic mass is 10.2. The van der Waals surface area contributed by atoms with Crippen molar-refractivity contribution < 1.29 is 4.74 Å². The summed E-state index contributed by atoms with van der Waals surface area (Å²) in [5, 5.41) is 3.44. The van der Waals surface area contributed by atoms with Crippen molar-refractivity contribution in [2.24, 2.45) is 5.92 Å². The number of pyridine rings is 1. The van der Waals surface area contributed by atoms with E-state index in [4.69, 9.17) is 4.74 Å². The maximum atomic E-state index is 5.80. The van der Waals surface area contributed by atoms with Gasteiger partial charge in [-0.25, -0.2) is 0 Å². The molecule has 0 amide bonds. The first-order valence-corrected chi connectivity index (χ1v) is 7.35. The van der Waals surface area contributed by atoms with Crippen LogP contribution in [0.1, 0.15) is 33.6 Å². The highest BCUT2D eigenvalue weighted by atomic mass is 79.9. The zero-order chi connectivity index (χ0) is 13.4. The number of hydrogen-bond acceptors (Lipinski definition) is 3. The second kappa shape index (κ2) is 8.48. The fourth-order valence-electron chi connectivity index (χ4n) is 1.65. The van der Waals surface area contributed by atoms with Gasteiger partial charge < -0.3 is 10.1 Å². The zero-order valence-electron chi connectivity index (χ0n) is 11.4. The second-order valence-corrected chi connectivity index (χ2v) is 5.92. The SMILES string of the molecule is CC(C)CNCCCC(C)Oc1cncc(Br)c1. The molecule has 1 aromatic heterocycles. The Labute approximate surface area is 118 Å². The Morgan fingerprint density at radius 3 is 2.78 bits per heavy atom. The van der Waals surface area contributed by atoms with Gasteiger partial charge in [-0.05, 0) is 60.8 Å². The highest BCUT2D eigenvalue weighted by Gasteiger charge is 2.04. The van der Waals surface area contributed by atoms with E-state index < -0.39 is 0 Å². The average Bonchev–Trinajstić information content (AvgIpc) is 2.28. The molecule has 0 bridgehead atoms. The summed E-state index contributed by atoms with van der Waals surface area (Å²) in [5.41, 5.74) is 0. The van der Waals surface area contributed by atoms with Gasteiger partial charge in [-0.15, -0.1) is 0 Å². The van der Waals surface area contributed by atoms with Crippen LogP contribution in [-0.4, -0.2) is 24.2 Å². The predicted octanol–water partition coefficient (Wildman–Crippen LogP) is 3.64. The van der Waals surface area contributed by atoms with E-state index in [-0.39, 0.29) is 6.10 Å². The molecule has 0 saturated heterocycles. The lowest BCUT2D eigenvalue weighted by molar-refractivity contribution is 0.206. The minimum atomic E-state index is 0.224. The van der Waals surface area contributed by atoms with Crippen molar-refractivity contribution in [1.82, 2.24) is 10.3 Å². The van der Waals surface area contributed by atoms with Gasteiger partial charge in [-0.1, -0.05) is 13.8 Å². The number of halogens is 1. The van der Waals surface area contributed by atoms with Gasteiger partial charge in [-0.3, -0.25) is 4.98 Å². The lowest BCUT2D eigenvalue weighted by Gasteiger charge is -2.15. The third-order valence-electron chi connectivity index (χ3n) is 2.53. The Bertz CT molecular complexity index is 344. The van der Waals surface area contributed by atoms with E-state index in [1.807, 2.05) is 6.07 Å². The van der Waals surface area contributed by atoms with Gasteiger partial charge in [0.15, 0.2) is 0 Å². The van der Waals surface area contributed by atoms with E-state index in [0.29, 0.717) is 5.92 Å². The smallest absolute Gasteiger partial charge is 0.139 e. The van der Waals surface area contributed by atoms with Crippen molar-refractivity contribution in [2.45, 2.75) is 39.7 Å². The summed E-state index contributed by atoms with van der Waals surface area (Å²) in [6.07, 6.45) is 5.92. The first-order chi connectivity index (χ1) is 8.58. The van der Waals surface area contributed by atoms with Crippen LogP contribution in [0, 0.1) is 5.92 Å². The summed E-state index contributed by atoms with van der Waals surface area (Å²) >= 11 is 3.39. The number of rotatable bonds is 8. The van der Waals surface area contributed by atoms with Gasteiger partial charge in [0, 0.05) is 10.7 Å². The zero-order valence-corrected chi connectivity index (χ0v) is 13.0.